The molecular formula is C13H18N6O5. The molecular weight excluding hydrogens is 320 g/mol. The molecule has 2 aromatic heterocycles. The first-order chi connectivity index (χ1) is 11.5. The van der Waals surface area contributed by atoms with Gasteiger partial charge < -0.3 is 30.7 Å². The van der Waals surface area contributed by atoms with E-state index in [0.717, 1.165) is 4.90 Å². The molecule has 11 nitrogen and oxygen atoms in total. The van der Waals surface area contributed by atoms with Gasteiger partial charge in [0, 0.05) is 6.54 Å². The molecule has 130 valence electrons. The number of rotatable bonds is 5. The molecule has 0 aromatic carbocycles. The number of likely N-dealkylation sites (N-methyl/N-ethyl adjacent to an activating group) is 1. The Hall–Kier alpha value is -2.34. The lowest BCUT2D eigenvalue weighted by atomic mass is 10.1. The second kappa shape index (κ2) is 6.28. The molecule has 5 atom stereocenters. The molecule has 0 spiro atoms. The molecule has 24 heavy (non-hydrogen) atoms. The fourth-order valence-electron chi connectivity index (χ4n) is 2.73. The summed E-state index contributed by atoms with van der Waals surface area (Å²) in [5, 5.41) is 30.7. The van der Waals surface area contributed by atoms with Crippen molar-refractivity contribution in [2.75, 3.05) is 12.3 Å². The van der Waals surface area contributed by atoms with Crippen LogP contribution in [-0.4, -0.2) is 77.2 Å². The number of carbonyl (C=O) groups is 1. The van der Waals surface area contributed by atoms with Crippen LogP contribution in [0.15, 0.2) is 12.7 Å². The third-order valence-electron chi connectivity index (χ3n) is 4.07. The molecule has 2 aromatic rings. The maximum absolute atomic E-state index is 11.0. The maximum atomic E-state index is 11.0. The van der Waals surface area contributed by atoms with Gasteiger partial charge in [0.25, 0.3) is 0 Å². The van der Waals surface area contributed by atoms with Gasteiger partial charge in [0.1, 0.15) is 30.2 Å². The minimum Gasteiger partial charge on any atom is -0.387 e. The highest BCUT2D eigenvalue weighted by atomic mass is 16.6. The number of ether oxygens (including phenoxy) is 1. The minimum absolute atomic E-state index is 0.168. The number of carbonyl (C=O) groups excluding carboxylic acids is 1. The van der Waals surface area contributed by atoms with Gasteiger partial charge in [-0.25, -0.2) is 15.0 Å². The zero-order valence-corrected chi connectivity index (χ0v) is 12.8. The number of nitrogen functional groups attached to an aromatic ring is 1. The molecule has 5 N–H and O–H groups in total. The smallest absolute Gasteiger partial charge is 0.211 e. The lowest BCUT2D eigenvalue weighted by Gasteiger charge is -2.28. The number of aromatic nitrogens is 4. The highest BCUT2D eigenvalue weighted by Gasteiger charge is 2.48. The van der Waals surface area contributed by atoms with Crippen molar-refractivity contribution in [1.29, 1.82) is 0 Å². The summed E-state index contributed by atoms with van der Waals surface area (Å²) < 4.78 is 6.99. The van der Waals surface area contributed by atoms with Gasteiger partial charge in [0.15, 0.2) is 23.9 Å². The summed E-state index contributed by atoms with van der Waals surface area (Å²) in [7, 11) is 0. The highest BCUT2D eigenvalue weighted by molar-refractivity contribution is 5.81. The second-order valence-electron chi connectivity index (χ2n) is 5.40. The van der Waals surface area contributed by atoms with Crippen molar-refractivity contribution in [3.63, 3.8) is 0 Å². The molecule has 1 fully saturated rings. The monoisotopic (exact) mass is 338 g/mol. The van der Waals surface area contributed by atoms with Gasteiger partial charge in [-0.2, -0.15) is 0 Å². The van der Waals surface area contributed by atoms with Crippen LogP contribution in [0.3, 0.4) is 0 Å². The molecule has 0 unspecified atom stereocenters. The molecule has 0 aliphatic carbocycles. The number of anilines is 1. The van der Waals surface area contributed by atoms with Crippen molar-refractivity contribution >= 4 is 23.4 Å². The van der Waals surface area contributed by atoms with Crippen LogP contribution in [0.5, 0.6) is 0 Å². The van der Waals surface area contributed by atoms with Crippen molar-refractivity contribution < 1.29 is 24.9 Å². The Morgan fingerprint density at radius 2 is 2.17 bits per heavy atom. The Morgan fingerprint density at radius 1 is 1.42 bits per heavy atom. The molecule has 0 bridgehead atoms. The van der Waals surface area contributed by atoms with E-state index in [2.05, 4.69) is 15.0 Å². The van der Waals surface area contributed by atoms with Crippen LogP contribution >= 0.6 is 0 Å². The van der Waals surface area contributed by atoms with Gasteiger partial charge in [0.2, 0.25) is 6.41 Å². The lowest BCUT2D eigenvalue weighted by molar-refractivity contribution is -0.152. The summed E-state index contributed by atoms with van der Waals surface area (Å²) in [4.78, 5) is 24.0. The van der Waals surface area contributed by atoms with Crippen molar-refractivity contribution in [2.24, 2.45) is 0 Å². The first-order valence-electron chi connectivity index (χ1n) is 7.33. The summed E-state index contributed by atoms with van der Waals surface area (Å²) in [5.41, 5.74) is 6.36. The normalized spacial score (nSPS) is 28.2. The number of fused-ring (bicyclic) bond motifs is 1. The Balaban J connectivity index is 1.92. The van der Waals surface area contributed by atoms with E-state index in [1.165, 1.54) is 17.2 Å². The van der Waals surface area contributed by atoms with E-state index in [-0.39, 0.29) is 12.4 Å². The highest BCUT2D eigenvalue weighted by Crippen LogP contribution is 2.33. The first kappa shape index (κ1) is 16.5. The molecule has 3 rings (SSSR count). The Kier molecular flexibility index (Phi) is 4.32. The molecule has 1 aliphatic rings. The summed E-state index contributed by atoms with van der Waals surface area (Å²) in [5.74, 6) is 0.168. The van der Waals surface area contributed by atoms with Gasteiger partial charge in [-0.15, -0.1) is 0 Å². The standard InChI is InChI=1S/C13H18N6O5/c1-2-18(5-20)12(23)9-7(21)8(22)13(24-9)19-4-17-6-10(14)15-3-16-11(6)19/h3-5,7-9,12-13,21-23H,2H2,1H3,(H2,14,15,16)/t7-,8+,9-,12+,13+/m0/s1. The van der Waals surface area contributed by atoms with Crippen molar-refractivity contribution in [3.8, 4) is 0 Å². The van der Waals surface area contributed by atoms with Crippen molar-refractivity contribution in [1.82, 2.24) is 24.4 Å². The Morgan fingerprint density at radius 3 is 2.83 bits per heavy atom. The number of nitrogens with two attached hydrogens (primary N) is 1. The number of hydrogen-bond acceptors (Lipinski definition) is 9. The third kappa shape index (κ3) is 2.47. The van der Waals surface area contributed by atoms with Crippen LogP contribution in [0.2, 0.25) is 0 Å². The average molecular weight is 338 g/mol. The van der Waals surface area contributed by atoms with E-state index in [0.29, 0.717) is 17.6 Å². The summed E-state index contributed by atoms with van der Waals surface area (Å²) in [6.45, 7) is 1.88. The van der Waals surface area contributed by atoms with E-state index in [1.807, 2.05) is 0 Å². The van der Waals surface area contributed by atoms with Crippen LogP contribution in [0.4, 0.5) is 5.82 Å². The van der Waals surface area contributed by atoms with Crippen LogP contribution in [0.25, 0.3) is 11.2 Å². The number of amides is 1. The van der Waals surface area contributed by atoms with Gasteiger partial charge in [-0.05, 0) is 6.92 Å². The largest absolute Gasteiger partial charge is 0.387 e. The van der Waals surface area contributed by atoms with Gasteiger partial charge in [-0.3, -0.25) is 9.36 Å². The Labute approximate surface area is 136 Å². The van der Waals surface area contributed by atoms with E-state index >= 15 is 0 Å². The maximum Gasteiger partial charge on any atom is 0.211 e. The van der Waals surface area contributed by atoms with E-state index in [4.69, 9.17) is 10.5 Å². The number of aliphatic hydroxyl groups excluding tert-OH is 3. The van der Waals surface area contributed by atoms with Crippen molar-refractivity contribution in [3.05, 3.63) is 12.7 Å². The summed E-state index contributed by atoms with van der Waals surface area (Å²) in [6, 6.07) is 0. The van der Waals surface area contributed by atoms with Crippen LogP contribution in [-0.2, 0) is 9.53 Å². The predicted molar refractivity (Wildman–Crippen MR) is 80.1 cm³/mol. The molecule has 3 heterocycles. The van der Waals surface area contributed by atoms with Crippen LogP contribution in [0, 0.1) is 0 Å². The number of aliphatic hydroxyl groups is 3. The predicted octanol–water partition coefficient (Wildman–Crippen LogP) is -2.18. The van der Waals surface area contributed by atoms with Gasteiger partial charge >= 0.3 is 0 Å². The van der Waals surface area contributed by atoms with E-state index in [9.17, 15) is 20.1 Å². The van der Waals surface area contributed by atoms with E-state index in [1.54, 1.807) is 6.92 Å². The summed E-state index contributed by atoms with van der Waals surface area (Å²) in [6.07, 6.45) is -3.37. The summed E-state index contributed by atoms with van der Waals surface area (Å²) >= 11 is 0. The van der Waals surface area contributed by atoms with Crippen LogP contribution < -0.4 is 5.73 Å². The fraction of sp³-hybridized carbons (Fsp3) is 0.538. The molecule has 1 amide bonds. The number of hydrogen-bond donors (Lipinski definition) is 4. The Bertz CT molecular complexity index is 739. The number of imidazole rings is 1. The van der Waals surface area contributed by atoms with Crippen molar-refractivity contribution in [2.45, 2.75) is 37.7 Å². The van der Waals surface area contributed by atoms with Gasteiger partial charge in [-0.1, -0.05) is 0 Å². The molecule has 0 saturated carbocycles. The average Bonchev–Trinajstić information content (AvgIpc) is 3.12. The molecule has 11 heteroatoms. The molecule has 1 saturated heterocycles. The van der Waals surface area contributed by atoms with Gasteiger partial charge in [0.05, 0.1) is 6.33 Å². The zero-order chi connectivity index (χ0) is 17.4. The quantitative estimate of drug-likeness (QED) is 0.351. The SMILES string of the molecule is CCN(C=O)[C@H](O)[C@H]1O[C@@H](n2cnc3c(N)ncnc32)[C@H](O)[C@@H]1O. The first-order valence-corrected chi connectivity index (χ1v) is 7.33. The fourth-order valence-corrected chi connectivity index (χ4v) is 2.73. The zero-order valence-electron chi connectivity index (χ0n) is 12.8. The minimum atomic E-state index is -1.41. The molecule has 1 aliphatic heterocycles. The van der Waals surface area contributed by atoms with E-state index < -0.39 is 30.8 Å². The second-order valence-corrected chi connectivity index (χ2v) is 5.40. The number of nitrogens with zero attached hydrogens (tertiary/aromatic N) is 5. The topological polar surface area (TPSA) is 160 Å². The van der Waals surface area contributed by atoms with Crippen LogP contribution in [0.1, 0.15) is 13.2 Å². The third-order valence-corrected chi connectivity index (χ3v) is 4.07. The molecule has 0 radical (unpaired) electrons. The lowest BCUT2D eigenvalue weighted by Crippen LogP contribution is -2.48.